The van der Waals surface area contributed by atoms with Gasteiger partial charge in [-0.3, -0.25) is 4.90 Å². The zero-order chi connectivity index (χ0) is 13.4. The van der Waals surface area contributed by atoms with Gasteiger partial charge < -0.3 is 4.74 Å². The summed E-state index contributed by atoms with van der Waals surface area (Å²) in [6, 6.07) is 6.58. The van der Waals surface area contributed by atoms with Crippen molar-refractivity contribution in [2.75, 3.05) is 26.8 Å². The first kappa shape index (κ1) is 14.9. The smallest absolute Gasteiger partial charge is 0.127 e. The SMILES string of the molecule is COCCN(CCC#N)Cc1cc(Cl)ccc1F. The van der Waals surface area contributed by atoms with E-state index in [0.717, 1.165) is 0 Å². The number of methoxy groups -OCH3 is 1. The van der Waals surface area contributed by atoms with Crippen molar-refractivity contribution in [3.8, 4) is 6.07 Å². The number of hydrogen-bond acceptors (Lipinski definition) is 3. The summed E-state index contributed by atoms with van der Waals surface area (Å²) in [4.78, 5) is 1.97. The number of halogens is 2. The molecule has 0 saturated heterocycles. The minimum Gasteiger partial charge on any atom is -0.383 e. The van der Waals surface area contributed by atoms with Gasteiger partial charge in [-0.2, -0.15) is 5.26 Å². The van der Waals surface area contributed by atoms with Gasteiger partial charge in [-0.25, -0.2) is 4.39 Å². The Balaban J connectivity index is 2.68. The number of ether oxygens (including phenoxy) is 1. The van der Waals surface area contributed by atoms with Gasteiger partial charge in [0.15, 0.2) is 0 Å². The molecule has 1 aromatic rings. The lowest BCUT2D eigenvalue weighted by atomic mass is 10.2. The van der Waals surface area contributed by atoms with E-state index in [0.29, 0.717) is 43.2 Å². The molecule has 0 aliphatic heterocycles. The number of hydrogen-bond donors (Lipinski definition) is 0. The van der Waals surface area contributed by atoms with Gasteiger partial charge in [0.1, 0.15) is 5.82 Å². The second-order valence-electron chi connectivity index (χ2n) is 3.91. The maximum Gasteiger partial charge on any atom is 0.127 e. The van der Waals surface area contributed by atoms with Crippen LogP contribution in [0.15, 0.2) is 18.2 Å². The van der Waals surface area contributed by atoms with Gasteiger partial charge in [0.2, 0.25) is 0 Å². The van der Waals surface area contributed by atoms with E-state index in [1.807, 2.05) is 4.90 Å². The Morgan fingerprint density at radius 1 is 1.44 bits per heavy atom. The van der Waals surface area contributed by atoms with E-state index < -0.39 is 0 Å². The van der Waals surface area contributed by atoms with Crippen LogP contribution in [0.25, 0.3) is 0 Å². The van der Waals surface area contributed by atoms with Gasteiger partial charge >= 0.3 is 0 Å². The van der Waals surface area contributed by atoms with Crippen LogP contribution >= 0.6 is 11.6 Å². The molecule has 0 bridgehead atoms. The summed E-state index contributed by atoms with van der Waals surface area (Å²) in [6.07, 6.45) is 0.409. The van der Waals surface area contributed by atoms with Crippen LogP contribution in [0.1, 0.15) is 12.0 Å². The quantitative estimate of drug-likeness (QED) is 0.764. The van der Waals surface area contributed by atoms with Crippen LogP contribution in [-0.2, 0) is 11.3 Å². The van der Waals surface area contributed by atoms with Crippen LogP contribution < -0.4 is 0 Å². The van der Waals surface area contributed by atoms with Crippen molar-refractivity contribution in [3.63, 3.8) is 0 Å². The fraction of sp³-hybridized carbons (Fsp3) is 0.462. The Labute approximate surface area is 112 Å². The lowest BCUT2D eigenvalue weighted by Crippen LogP contribution is -2.28. The maximum absolute atomic E-state index is 13.6. The maximum atomic E-state index is 13.6. The highest BCUT2D eigenvalue weighted by atomic mass is 35.5. The third kappa shape index (κ3) is 5.01. The second kappa shape index (κ2) is 8.04. The molecule has 98 valence electrons. The number of nitrogens with zero attached hydrogens (tertiary/aromatic N) is 2. The van der Waals surface area contributed by atoms with E-state index in [-0.39, 0.29) is 5.82 Å². The minimum absolute atomic E-state index is 0.279. The molecule has 0 aromatic heterocycles. The summed E-state index contributed by atoms with van der Waals surface area (Å²) in [5.41, 5.74) is 0.538. The molecule has 0 atom stereocenters. The minimum atomic E-state index is -0.279. The van der Waals surface area contributed by atoms with Crippen LogP contribution in [-0.4, -0.2) is 31.7 Å². The highest BCUT2D eigenvalue weighted by Crippen LogP contribution is 2.16. The number of rotatable bonds is 7. The van der Waals surface area contributed by atoms with Gasteiger partial charge in [0.25, 0.3) is 0 Å². The monoisotopic (exact) mass is 270 g/mol. The van der Waals surface area contributed by atoms with Crippen LogP contribution in [0, 0.1) is 17.1 Å². The topological polar surface area (TPSA) is 36.3 Å². The van der Waals surface area contributed by atoms with Gasteiger partial charge in [-0.1, -0.05) is 11.6 Å². The second-order valence-corrected chi connectivity index (χ2v) is 4.35. The Kier molecular flexibility index (Phi) is 6.66. The van der Waals surface area contributed by atoms with Crippen molar-refractivity contribution in [2.24, 2.45) is 0 Å². The van der Waals surface area contributed by atoms with Crippen molar-refractivity contribution < 1.29 is 9.13 Å². The lowest BCUT2D eigenvalue weighted by Gasteiger charge is -2.21. The molecule has 0 radical (unpaired) electrons. The lowest BCUT2D eigenvalue weighted by molar-refractivity contribution is 0.144. The van der Waals surface area contributed by atoms with Gasteiger partial charge in [-0.15, -0.1) is 0 Å². The molecular weight excluding hydrogens is 255 g/mol. The molecule has 0 amide bonds. The summed E-state index contributed by atoms with van der Waals surface area (Å²) in [5.74, 6) is -0.279. The summed E-state index contributed by atoms with van der Waals surface area (Å²) in [6.45, 7) is 2.22. The van der Waals surface area contributed by atoms with Gasteiger partial charge in [0.05, 0.1) is 12.7 Å². The Morgan fingerprint density at radius 3 is 2.89 bits per heavy atom. The first-order chi connectivity index (χ1) is 8.67. The number of benzene rings is 1. The van der Waals surface area contributed by atoms with Crippen molar-refractivity contribution in [3.05, 3.63) is 34.6 Å². The molecule has 0 unspecified atom stereocenters. The molecule has 0 spiro atoms. The highest BCUT2D eigenvalue weighted by Gasteiger charge is 2.09. The Morgan fingerprint density at radius 2 is 2.22 bits per heavy atom. The van der Waals surface area contributed by atoms with Crippen molar-refractivity contribution in [2.45, 2.75) is 13.0 Å². The molecule has 1 rings (SSSR count). The standard InChI is InChI=1S/C13H16ClFN2O/c1-18-8-7-17(6-2-5-16)10-11-9-12(14)3-4-13(11)15/h3-4,9H,2,6-8,10H2,1H3. The van der Waals surface area contributed by atoms with E-state index >= 15 is 0 Å². The summed E-state index contributed by atoms with van der Waals surface area (Å²) >= 11 is 5.85. The fourth-order valence-electron chi connectivity index (χ4n) is 1.60. The van der Waals surface area contributed by atoms with Gasteiger partial charge in [0, 0.05) is 43.8 Å². The van der Waals surface area contributed by atoms with Crippen molar-refractivity contribution >= 4 is 11.6 Å². The van der Waals surface area contributed by atoms with Crippen LogP contribution in [0.3, 0.4) is 0 Å². The van der Waals surface area contributed by atoms with Gasteiger partial charge in [-0.05, 0) is 18.2 Å². The summed E-state index contributed by atoms with van der Waals surface area (Å²) < 4.78 is 18.6. The van der Waals surface area contributed by atoms with Crippen LogP contribution in [0.2, 0.25) is 5.02 Å². The molecule has 0 aliphatic carbocycles. The van der Waals surface area contributed by atoms with Crippen molar-refractivity contribution in [1.82, 2.24) is 4.90 Å². The van der Waals surface area contributed by atoms with E-state index in [1.165, 1.54) is 12.1 Å². The average molecular weight is 271 g/mol. The van der Waals surface area contributed by atoms with E-state index in [4.69, 9.17) is 21.6 Å². The average Bonchev–Trinajstić information content (AvgIpc) is 2.37. The zero-order valence-corrected chi connectivity index (χ0v) is 11.1. The largest absolute Gasteiger partial charge is 0.383 e. The normalized spacial score (nSPS) is 10.6. The third-order valence-electron chi connectivity index (χ3n) is 2.55. The van der Waals surface area contributed by atoms with Crippen LogP contribution in [0.4, 0.5) is 4.39 Å². The predicted octanol–water partition coefficient (Wildman–Crippen LogP) is 2.84. The van der Waals surface area contributed by atoms with E-state index in [9.17, 15) is 4.39 Å². The molecule has 0 saturated carbocycles. The molecule has 3 nitrogen and oxygen atoms in total. The number of nitriles is 1. The van der Waals surface area contributed by atoms with Crippen LogP contribution in [0.5, 0.6) is 0 Å². The molecule has 18 heavy (non-hydrogen) atoms. The third-order valence-corrected chi connectivity index (χ3v) is 2.79. The fourth-order valence-corrected chi connectivity index (χ4v) is 1.80. The molecule has 5 heteroatoms. The van der Waals surface area contributed by atoms with Crippen molar-refractivity contribution in [1.29, 1.82) is 5.26 Å². The van der Waals surface area contributed by atoms with E-state index in [1.54, 1.807) is 13.2 Å². The first-order valence-electron chi connectivity index (χ1n) is 5.69. The Bertz CT molecular complexity index is 420. The van der Waals surface area contributed by atoms with E-state index in [2.05, 4.69) is 6.07 Å². The Hall–Kier alpha value is -1.15. The molecule has 0 heterocycles. The summed E-state index contributed by atoms with van der Waals surface area (Å²) in [7, 11) is 1.61. The predicted molar refractivity (Wildman–Crippen MR) is 68.8 cm³/mol. The molecular formula is C13H16ClFN2O. The molecule has 0 N–H and O–H groups in total. The zero-order valence-electron chi connectivity index (χ0n) is 10.3. The molecule has 1 aromatic carbocycles. The summed E-state index contributed by atoms with van der Waals surface area (Å²) in [5, 5.41) is 9.11. The highest BCUT2D eigenvalue weighted by molar-refractivity contribution is 6.30. The first-order valence-corrected chi connectivity index (χ1v) is 6.07. The molecule has 0 fully saturated rings. The molecule has 0 aliphatic rings.